The monoisotopic (exact) mass is 409 g/mol. The van der Waals surface area contributed by atoms with Crippen LogP contribution in [0, 0.1) is 5.82 Å². The Morgan fingerprint density at radius 1 is 1.03 bits per heavy atom. The van der Waals surface area contributed by atoms with Crippen molar-refractivity contribution >= 4 is 5.91 Å². The van der Waals surface area contributed by atoms with Gasteiger partial charge in [0.05, 0.1) is 6.20 Å². The molecule has 0 saturated carbocycles. The summed E-state index contributed by atoms with van der Waals surface area (Å²) in [4.78, 5) is 20.9. The van der Waals surface area contributed by atoms with E-state index in [-0.39, 0.29) is 18.3 Å². The molecule has 3 rings (SSSR count). The lowest BCUT2D eigenvalue weighted by atomic mass is 10.1. The molecule has 3 aromatic rings. The zero-order chi connectivity index (χ0) is 21.3. The van der Waals surface area contributed by atoms with Crippen molar-refractivity contribution in [3.05, 3.63) is 78.1 Å². The Morgan fingerprint density at radius 3 is 2.50 bits per heavy atom. The minimum Gasteiger partial charge on any atom is -0.441 e. The molecule has 158 valence electrons. The van der Waals surface area contributed by atoms with E-state index in [9.17, 15) is 9.18 Å². The topological polar surface area (TPSA) is 49.6 Å². The van der Waals surface area contributed by atoms with Crippen LogP contribution in [-0.2, 0) is 17.8 Å². The summed E-state index contributed by atoms with van der Waals surface area (Å²) in [6.45, 7) is 1.55. The Labute approximate surface area is 177 Å². The highest BCUT2D eigenvalue weighted by Gasteiger charge is 2.16. The molecule has 0 saturated heterocycles. The number of oxazole rings is 1. The van der Waals surface area contributed by atoms with Gasteiger partial charge in [-0.1, -0.05) is 48.5 Å². The summed E-state index contributed by atoms with van der Waals surface area (Å²) in [5.41, 5.74) is 1.51. The van der Waals surface area contributed by atoms with Crippen LogP contribution < -0.4 is 0 Å². The Morgan fingerprint density at radius 2 is 1.77 bits per heavy atom. The number of hydrogen-bond acceptors (Lipinski definition) is 4. The van der Waals surface area contributed by atoms with Gasteiger partial charge in [0.15, 0.2) is 11.7 Å². The zero-order valence-electron chi connectivity index (χ0n) is 17.6. The van der Waals surface area contributed by atoms with E-state index in [1.54, 1.807) is 29.3 Å². The van der Waals surface area contributed by atoms with E-state index in [1.165, 1.54) is 6.07 Å². The first-order valence-corrected chi connectivity index (χ1v) is 10.2. The average molecular weight is 410 g/mol. The lowest BCUT2D eigenvalue weighted by Gasteiger charge is -2.25. The molecule has 0 fully saturated rings. The zero-order valence-corrected chi connectivity index (χ0v) is 17.6. The molecule has 0 unspecified atom stereocenters. The minimum absolute atomic E-state index is 0.00921. The highest BCUT2D eigenvalue weighted by molar-refractivity contribution is 5.76. The molecule has 0 radical (unpaired) electrons. The molecule has 0 bridgehead atoms. The first-order chi connectivity index (χ1) is 14.5. The molecule has 1 aromatic heterocycles. The maximum atomic E-state index is 14.1. The number of nitrogens with zero attached hydrogens (tertiary/aromatic N) is 3. The van der Waals surface area contributed by atoms with Gasteiger partial charge in [-0.15, -0.1) is 0 Å². The Hall–Kier alpha value is -2.99. The minimum atomic E-state index is -0.284. The molecular formula is C24H28FN3O2. The van der Waals surface area contributed by atoms with Crippen molar-refractivity contribution in [2.24, 2.45) is 0 Å². The van der Waals surface area contributed by atoms with Gasteiger partial charge in [0.25, 0.3) is 0 Å². The normalized spacial score (nSPS) is 11.1. The summed E-state index contributed by atoms with van der Waals surface area (Å²) in [6, 6.07) is 16.4. The molecule has 6 heteroatoms. The Balaban J connectivity index is 1.56. The SMILES string of the molecule is CN(C)CCN(Cc1ccccc1F)C(=O)CCCc1ncc(-c2ccccc2)o1. The van der Waals surface area contributed by atoms with Gasteiger partial charge in [-0.25, -0.2) is 9.37 Å². The number of aromatic nitrogens is 1. The van der Waals surface area contributed by atoms with Gasteiger partial charge in [-0.2, -0.15) is 0 Å². The number of likely N-dealkylation sites (N-methyl/N-ethyl adjacent to an activating group) is 1. The molecule has 0 N–H and O–H groups in total. The second-order valence-electron chi connectivity index (χ2n) is 7.55. The van der Waals surface area contributed by atoms with Crippen LogP contribution in [0.1, 0.15) is 24.3 Å². The molecule has 0 spiro atoms. The summed E-state index contributed by atoms with van der Waals surface area (Å²) in [5.74, 6) is 1.07. The van der Waals surface area contributed by atoms with Crippen LogP contribution in [0.3, 0.4) is 0 Å². The Bertz CT molecular complexity index is 940. The van der Waals surface area contributed by atoms with Crippen molar-refractivity contribution in [2.75, 3.05) is 27.2 Å². The van der Waals surface area contributed by atoms with Crippen molar-refractivity contribution in [2.45, 2.75) is 25.8 Å². The quantitative estimate of drug-likeness (QED) is 0.498. The highest BCUT2D eigenvalue weighted by atomic mass is 19.1. The second kappa shape index (κ2) is 10.7. The predicted molar refractivity (Wildman–Crippen MR) is 115 cm³/mol. The molecule has 1 amide bonds. The van der Waals surface area contributed by atoms with Crippen molar-refractivity contribution in [3.63, 3.8) is 0 Å². The number of halogens is 1. The first kappa shape index (κ1) is 21.7. The van der Waals surface area contributed by atoms with E-state index in [4.69, 9.17) is 4.42 Å². The van der Waals surface area contributed by atoms with Crippen molar-refractivity contribution < 1.29 is 13.6 Å². The summed E-state index contributed by atoms with van der Waals surface area (Å²) in [7, 11) is 3.91. The van der Waals surface area contributed by atoms with Gasteiger partial charge in [-0.3, -0.25) is 4.79 Å². The van der Waals surface area contributed by atoms with Gasteiger partial charge < -0.3 is 14.2 Å². The van der Waals surface area contributed by atoms with Crippen molar-refractivity contribution in [3.8, 4) is 11.3 Å². The van der Waals surface area contributed by atoms with E-state index in [0.29, 0.717) is 37.3 Å². The third-order valence-electron chi connectivity index (χ3n) is 4.88. The average Bonchev–Trinajstić information content (AvgIpc) is 3.22. The number of benzene rings is 2. The molecule has 5 nitrogen and oxygen atoms in total. The van der Waals surface area contributed by atoms with Crippen LogP contribution in [0.2, 0.25) is 0 Å². The fourth-order valence-corrected chi connectivity index (χ4v) is 3.16. The fraction of sp³-hybridized carbons (Fsp3) is 0.333. The molecule has 0 aliphatic rings. The summed E-state index contributed by atoms with van der Waals surface area (Å²) >= 11 is 0. The third kappa shape index (κ3) is 6.26. The van der Waals surface area contributed by atoms with Gasteiger partial charge in [0, 0.05) is 43.6 Å². The van der Waals surface area contributed by atoms with Crippen LogP contribution in [0.15, 0.2) is 65.2 Å². The smallest absolute Gasteiger partial charge is 0.222 e. The number of carbonyl (C=O) groups excluding carboxylic acids is 1. The van der Waals surface area contributed by atoms with E-state index in [0.717, 1.165) is 17.9 Å². The predicted octanol–water partition coefficient (Wildman–Crippen LogP) is 4.39. The van der Waals surface area contributed by atoms with E-state index in [2.05, 4.69) is 4.98 Å². The van der Waals surface area contributed by atoms with Gasteiger partial charge in [0.2, 0.25) is 5.91 Å². The van der Waals surface area contributed by atoms with Crippen LogP contribution in [0.25, 0.3) is 11.3 Å². The van der Waals surface area contributed by atoms with Crippen molar-refractivity contribution in [1.82, 2.24) is 14.8 Å². The standard InChI is InChI=1S/C24H28FN3O2/c1-27(2)15-16-28(18-20-11-6-7-12-21(20)25)24(29)14-8-13-23-26-17-22(30-23)19-9-4-3-5-10-19/h3-7,9-12,17H,8,13-16,18H2,1-2H3. The van der Waals surface area contributed by atoms with Crippen LogP contribution in [-0.4, -0.2) is 47.9 Å². The van der Waals surface area contributed by atoms with Gasteiger partial charge in [-0.05, 0) is 26.6 Å². The molecule has 0 aliphatic carbocycles. The van der Waals surface area contributed by atoms with E-state index >= 15 is 0 Å². The molecule has 0 aliphatic heterocycles. The van der Waals surface area contributed by atoms with Crippen LogP contribution in [0.5, 0.6) is 0 Å². The van der Waals surface area contributed by atoms with Crippen LogP contribution in [0.4, 0.5) is 4.39 Å². The highest BCUT2D eigenvalue weighted by Crippen LogP contribution is 2.20. The number of carbonyl (C=O) groups is 1. The van der Waals surface area contributed by atoms with Gasteiger partial charge >= 0.3 is 0 Å². The summed E-state index contributed by atoms with van der Waals surface area (Å²) in [5, 5.41) is 0. The number of hydrogen-bond donors (Lipinski definition) is 0. The molecule has 1 heterocycles. The van der Waals surface area contributed by atoms with E-state index < -0.39 is 0 Å². The largest absolute Gasteiger partial charge is 0.441 e. The molecule has 2 aromatic carbocycles. The van der Waals surface area contributed by atoms with Crippen LogP contribution >= 0.6 is 0 Å². The molecule has 0 atom stereocenters. The number of amides is 1. The fourth-order valence-electron chi connectivity index (χ4n) is 3.16. The Kier molecular flexibility index (Phi) is 7.74. The summed E-state index contributed by atoms with van der Waals surface area (Å²) in [6.07, 6.45) is 3.29. The van der Waals surface area contributed by atoms with E-state index in [1.807, 2.05) is 49.3 Å². The maximum Gasteiger partial charge on any atom is 0.222 e. The number of aryl methyl sites for hydroxylation is 1. The lowest BCUT2D eigenvalue weighted by molar-refractivity contribution is -0.132. The third-order valence-corrected chi connectivity index (χ3v) is 4.88. The van der Waals surface area contributed by atoms with Gasteiger partial charge in [0.1, 0.15) is 5.82 Å². The molecular weight excluding hydrogens is 381 g/mol. The second-order valence-corrected chi connectivity index (χ2v) is 7.55. The van der Waals surface area contributed by atoms with Crippen molar-refractivity contribution in [1.29, 1.82) is 0 Å². The maximum absolute atomic E-state index is 14.1. The molecule has 30 heavy (non-hydrogen) atoms. The first-order valence-electron chi connectivity index (χ1n) is 10.2. The summed E-state index contributed by atoms with van der Waals surface area (Å²) < 4.78 is 19.9. The lowest BCUT2D eigenvalue weighted by Crippen LogP contribution is -2.36. The number of rotatable bonds is 10.